The molecule has 3 heterocycles. The average Bonchev–Trinajstić information content (AvgIpc) is 2.69. The number of likely N-dealkylation sites (tertiary alicyclic amines) is 1. The number of benzene rings is 1. The smallest absolute Gasteiger partial charge is 0.278 e. The Labute approximate surface area is 158 Å². The Balaban J connectivity index is 1.48. The quantitative estimate of drug-likeness (QED) is 0.611. The minimum absolute atomic E-state index is 0.0975. The van der Waals surface area contributed by atoms with Gasteiger partial charge in [-0.25, -0.2) is 0 Å². The summed E-state index contributed by atoms with van der Waals surface area (Å²) in [6.07, 6.45) is 6.56. The maximum absolute atomic E-state index is 12.0. The van der Waals surface area contributed by atoms with Gasteiger partial charge < -0.3 is 9.80 Å². The molecule has 0 atom stereocenters. The maximum Gasteiger partial charge on any atom is 0.278 e. The van der Waals surface area contributed by atoms with E-state index in [0.717, 1.165) is 57.5 Å². The molecule has 7 heteroatoms. The summed E-state index contributed by atoms with van der Waals surface area (Å²) < 4.78 is 0. The minimum Gasteiger partial charge on any atom is -0.370 e. The number of nitro benzene ring substituents is 1. The fraction of sp³-hybridized carbons (Fsp3) is 0.500. The van der Waals surface area contributed by atoms with Crippen LogP contribution in [0.2, 0.25) is 0 Å². The number of pyridine rings is 1. The number of non-ortho nitro benzene ring substituents is 1. The van der Waals surface area contributed by atoms with Gasteiger partial charge in [0, 0.05) is 44.9 Å². The third kappa shape index (κ3) is 3.59. The van der Waals surface area contributed by atoms with Gasteiger partial charge in [-0.1, -0.05) is 0 Å². The molecule has 1 aromatic carbocycles. The van der Waals surface area contributed by atoms with Gasteiger partial charge in [0.05, 0.1) is 16.0 Å². The molecule has 142 valence electrons. The molecule has 2 aromatic rings. The van der Waals surface area contributed by atoms with Crippen molar-refractivity contribution in [3.05, 3.63) is 40.6 Å². The highest BCUT2D eigenvalue weighted by atomic mass is 16.6. The third-order valence-electron chi connectivity index (χ3n) is 5.78. The number of rotatable bonds is 4. The number of nitrogens with zero attached hydrogens (tertiary/aromatic N) is 4. The lowest BCUT2D eigenvalue weighted by Crippen LogP contribution is -2.42. The lowest BCUT2D eigenvalue weighted by Gasteiger charge is -2.37. The zero-order valence-corrected chi connectivity index (χ0v) is 15.3. The van der Waals surface area contributed by atoms with Gasteiger partial charge in [0.15, 0.2) is 0 Å². The van der Waals surface area contributed by atoms with E-state index in [1.54, 1.807) is 24.4 Å². The molecule has 0 spiro atoms. The van der Waals surface area contributed by atoms with Crippen LogP contribution < -0.4 is 4.90 Å². The van der Waals surface area contributed by atoms with E-state index in [2.05, 4.69) is 9.88 Å². The number of hydrogen-bond acceptors (Lipinski definition) is 5. The number of piperidine rings is 2. The molecule has 0 N–H and O–H groups in total. The molecule has 0 saturated carbocycles. The predicted molar refractivity (Wildman–Crippen MR) is 104 cm³/mol. The first-order chi connectivity index (χ1) is 13.1. The summed E-state index contributed by atoms with van der Waals surface area (Å²) in [5.41, 5.74) is 1.75. The second-order valence-corrected chi connectivity index (χ2v) is 7.49. The molecule has 0 radical (unpaired) electrons. The number of anilines is 1. The van der Waals surface area contributed by atoms with Crippen molar-refractivity contribution in [2.75, 3.05) is 31.1 Å². The molecule has 2 aliphatic rings. The average molecular weight is 368 g/mol. The molecule has 4 rings (SSSR count). The second kappa shape index (κ2) is 7.50. The standard InChI is InChI=1S/C20H24N4O3/c25-19-5-1-2-11-23(19)14-15-8-12-22(13-9-15)18-7-6-17(24(26)27)16-4-3-10-21-20(16)18/h3-4,6-7,10,15H,1-2,5,8-9,11-14H2. The zero-order valence-electron chi connectivity index (χ0n) is 15.3. The third-order valence-corrected chi connectivity index (χ3v) is 5.78. The van der Waals surface area contributed by atoms with Crippen molar-refractivity contribution in [2.24, 2.45) is 5.92 Å². The van der Waals surface area contributed by atoms with E-state index < -0.39 is 0 Å². The first kappa shape index (κ1) is 17.7. The number of aromatic nitrogens is 1. The van der Waals surface area contributed by atoms with Gasteiger partial charge in [-0.15, -0.1) is 0 Å². The van der Waals surface area contributed by atoms with Crippen molar-refractivity contribution in [1.29, 1.82) is 0 Å². The minimum atomic E-state index is -0.352. The van der Waals surface area contributed by atoms with Crippen molar-refractivity contribution in [2.45, 2.75) is 32.1 Å². The molecular weight excluding hydrogens is 344 g/mol. The van der Waals surface area contributed by atoms with Crippen molar-refractivity contribution < 1.29 is 9.72 Å². The summed E-state index contributed by atoms with van der Waals surface area (Å²) in [7, 11) is 0. The molecule has 2 aliphatic heterocycles. The van der Waals surface area contributed by atoms with E-state index in [4.69, 9.17) is 0 Å². The van der Waals surface area contributed by atoms with Crippen LogP contribution in [0.3, 0.4) is 0 Å². The van der Waals surface area contributed by atoms with Gasteiger partial charge in [-0.05, 0) is 49.8 Å². The topological polar surface area (TPSA) is 79.6 Å². The lowest BCUT2D eigenvalue weighted by atomic mass is 9.94. The zero-order chi connectivity index (χ0) is 18.8. The largest absolute Gasteiger partial charge is 0.370 e. The van der Waals surface area contributed by atoms with Crippen molar-refractivity contribution >= 4 is 28.2 Å². The number of carbonyl (C=O) groups is 1. The van der Waals surface area contributed by atoms with Gasteiger partial charge in [-0.3, -0.25) is 19.9 Å². The Kier molecular flexibility index (Phi) is 4.92. The SMILES string of the molecule is O=C1CCCCN1CC1CCN(c2ccc([N+](=O)[O-])c3cccnc23)CC1. The van der Waals surface area contributed by atoms with Crippen LogP contribution in [0, 0.1) is 16.0 Å². The van der Waals surface area contributed by atoms with Crippen LogP contribution >= 0.6 is 0 Å². The van der Waals surface area contributed by atoms with Gasteiger partial charge in [0.2, 0.25) is 5.91 Å². The fourth-order valence-corrected chi connectivity index (χ4v) is 4.28. The maximum atomic E-state index is 12.0. The fourth-order valence-electron chi connectivity index (χ4n) is 4.28. The Morgan fingerprint density at radius 2 is 1.96 bits per heavy atom. The van der Waals surface area contributed by atoms with E-state index in [0.29, 0.717) is 29.1 Å². The Morgan fingerprint density at radius 1 is 1.15 bits per heavy atom. The van der Waals surface area contributed by atoms with Crippen LogP contribution in [-0.4, -0.2) is 46.9 Å². The highest BCUT2D eigenvalue weighted by molar-refractivity contribution is 5.97. The van der Waals surface area contributed by atoms with Gasteiger partial charge >= 0.3 is 0 Å². The van der Waals surface area contributed by atoms with Gasteiger partial charge in [0.1, 0.15) is 5.52 Å². The molecule has 27 heavy (non-hydrogen) atoms. The lowest BCUT2D eigenvalue weighted by molar-refractivity contribution is -0.383. The Morgan fingerprint density at radius 3 is 2.70 bits per heavy atom. The van der Waals surface area contributed by atoms with Crippen LogP contribution in [-0.2, 0) is 4.79 Å². The first-order valence-corrected chi connectivity index (χ1v) is 9.68. The van der Waals surface area contributed by atoms with Gasteiger partial charge in [0.25, 0.3) is 5.69 Å². The summed E-state index contributed by atoms with van der Waals surface area (Å²) in [5, 5.41) is 11.9. The monoisotopic (exact) mass is 368 g/mol. The van der Waals surface area contributed by atoms with E-state index >= 15 is 0 Å². The number of carbonyl (C=O) groups excluding carboxylic acids is 1. The summed E-state index contributed by atoms with van der Waals surface area (Å²) in [5.74, 6) is 0.829. The molecule has 0 unspecified atom stereocenters. The normalized spacial score (nSPS) is 18.9. The van der Waals surface area contributed by atoms with Crippen LogP contribution in [0.15, 0.2) is 30.5 Å². The molecule has 2 fully saturated rings. The van der Waals surface area contributed by atoms with E-state index in [-0.39, 0.29) is 10.6 Å². The number of amides is 1. The molecule has 0 aliphatic carbocycles. The first-order valence-electron chi connectivity index (χ1n) is 9.68. The molecule has 7 nitrogen and oxygen atoms in total. The van der Waals surface area contributed by atoms with Gasteiger partial charge in [-0.2, -0.15) is 0 Å². The molecule has 1 amide bonds. The van der Waals surface area contributed by atoms with E-state index in [1.165, 1.54) is 0 Å². The molecule has 0 bridgehead atoms. The van der Waals surface area contributed by atoms with Crippen LogP contribution in [0.5, 0.6) is 0 Å². The predicted octanol–water partition coefficient (Wildman–Crippen LogP) is 3.37. The summed E-state index contributed by atoms with van der Waals surface area (Å²) >= 11 is 0. The molecule has 1 aromatic heterocycles. The van der Waals surface area contributed by atoms with E-state index in [1.807, 2.05) is 11.0 Å². The second-order valence-electron chi connectivity index (χ2n) is 7.49. The highest BCUT2D eigenvalue weighted by Gasteiger charge is 2.26. The molecular formula is C20H24N4O3. The number of hydrogen-bond donors (Lipinski definition) is 0. The summed E-state index contributed by atoms with van der Waals surface area (Å²) in [6.45, 7) is 3.54. The molecule has 2 saturated heterocycles. The number of fused-ring (bicyclic) bond motifs is 1. The number of nitro groups is 1. The Hall–Kier alpha value is -2.70. The van der Waals surface area contributed by atoms with Crippen LogP contribution in [0.4, 0.5) is 11.4 Å². The highest BCUT2D eigenvalue weighted by Crippen LogP contribution is 2.34. The van der Waals surface area contributed by atoms with Crippen molar-refractivity contribution in [1.82, 2.24) is 9.88 Å². The van der Waals surface area contributed by atoms with Crippen LogP contribution in [0.1, 0.15) is 32.1 Å². The van der Waals surface area contributed by atoms with Crippen LogP contribution in [0.25, 0.3) is 10.9 Å². The Bertz CT molecular complexity index is 861. The van der Waals surface area contributed by atoms with Crippen molar-refractivity contribution in [3.8, 4) is 0 Å². The summed E-state index contributed by atoms with van der Waals surface area (Å²) in [4.78, 5) is 31.7. The summed E-state index contributed by atoms with van der Waals surface area (Å²) in [6, 6.07) is 6.90. The van der Waals surface area contributed by atoms with E-state index in [9.17, 15) is 14.9 Å². The van der Waals surface area contributed by atoms with Crippen molar-refractivity contribution in [3.63, 3.8) is 0 Å².